The first-order valence-corrected chi connectivity index (χ1v) is 7.24. The number of nitrogens with zero attached hydrogens (tertiary/aromatic N) is 2. The average Bonchev–Trinajstić information content (AvgIpc) is 2.86. The number of hydrogen-bond acceptors (Lipinski definition) is 5. The number of hydrogen-bond donors (Lipinski definition) is 1. The topological polar surface area (TPSA) is 89.5 Å². The first kappa shape index (κ1) is 15.4. The second kappa shape index (κ2) is 6.22. The first-order chi connectivity index (χ1) is 9.97. The van der Waals surface area contributed by atoms with E-state index in [1.807, 2.05) is 4.90 Å². The van der Waals surface area contributed by atoms with Gasteiger partial charge in [-0.05, 0) is 30.5 Å². The molecule has 2 atom stereocenters. The van der Waals surface area contributed by atoms with Gasteiger partial charge < -0.3 is 10.6 Å². The Morgan fingerprint density at radius 2 is 2.19 bits per heavy atom. The number of nitro benzene ring substituents is 1. The molecule has 0 radical (unpaired) electrons. The van der Waals surface area contributed by atoms with Crippen LogP contribution in [0.5, 0.6) is 0 Å². The quantitative estimate of drug-likeness (QED) is 0.510. The minimum atomic E-state index is -0.414. The van der Waals surface area contributed by atoms with Crippen LogP contribution in [0.4, 0.5) is 11.4 Å². The highest BCUT2D eigenvalue weighted by Gasteiger charge is 2.32. The maximum absolute atomic E-state index is 11.7. The molecule has 2 N–H and O–H groups in total. The first-order valence-electron chi connectivity index (χ1n) is 7.24. The molecule has 1 heterocycles. The fourth-order valence-electron chi connectivity index (χ4n) is 2.85. The molecular weight excluding hydrogens is 270 g/mol. The van der Waals surface area contributed by atoms with E-state index in [9.17, 15) is 14.9 Å². The summed E-state index contributed by atoms with van der Waals surface area (Å²) in [6, 6.07) is 4.75. The van der Waals surface area contributed by atoms with Gasteiger partial charge in [-0.2, -0.15) is 0 Å². The van der Waals surface area contributed by atoms with Crippen LogP contribution < -0.4 is 10.6 Å². The molecule has 0 bridgehead atoms. The van der Waals surface area contributed by atoms with Crippen molar-refractivity contribution in [1.82, 2.24) is 0 Å². The largest absolute Gasteiger partial charge is 0.365 e. The molecule has 114 valence electrons. The monoisotopic (exact) mass is 291 g/mol. The molecule has 6 nitrogen and oxygen atoms in total. The van der Waals surface area contributed by atoms with E-state index in [2.05, 4.69) is 6.92 Å². The number of rotatable bonds is 5. The van der Waals surface area contributed by atoms with Crippen molar-refractivity contribution in [2.45, 2.75) is 20.3 Å². The van der Waals surface area contributed by atoms with Gasteiger partial charge in [-0.1, -0.05) is 13.8 Å². The van der Waals surface area contributed by atoms with Gasteiger partial charge in [0.15, 0.2) is 5.78 Å². The molecule has 6 heteroatoms. The summed E-state index contributed by atoms with van der Waals surface area (Å²) in [5.74, 6) is 0.674. The van der Waals surface area contributed by atoms with Crippen molar-refractivity contribution in [3.63, 3.8) is 0 Å². The van der Waals surface area contributed by atoms with Crippen molar-refractivity contribution in [2.24, 2.45) is 17.6 Å². The Hall–Kier alpha value is -1.95. The van der Waals surface area contributed by atoms with Crippen LogP contribution in [0, 0.1) is 22.0 Å². The van der Waals surface area contributed by atoms with Crippen molar-refractivity contribution >= 4 is 17.2 Å². The van der Waals surface area contributed by atoms with Crippen LogP contribution >= 0.6 is 0 Å². The predicted octanol–water partition coefficient (Wildman–Crippen LogP) is 2.22. The van der Waals surface area contributed by atoms with Crippen molar-refractivity contribution in [3.05, 3.63) is 33.9 Å². The standard InChI is InChI=1S/C15H21N3O3/c1-3-15(19)11-4-5-13(14(6-11)18(20)21)17-8-10(2)12(7-16)9-17/h4-6,10,12H,3,7-9,16H2,1-2H3. The highest BCUT2D eigenvalue weighted by molar-refractivity contribution is 5.97. The Kier molecular flexibility index (Phi) is 4.57. The van der Waals surface area contributed by atoms with Crippen LogP contribution in [0.25, 0.3) is 0 Å². The van der Waals surface area contributed by atoms with Gasteiger partial charge in [0.05, 0.1) is 4.92 Å². The molecule has 1 aliphatic rings. The minimum Gasteiger partial charge on any atom is -0.365 e. The summed E-state index contributed by atoms with van der Waals surface area (Å²) in [7, 11) is 0. The number of benzene rings is 1. The van der Waals surface area contributed by atoms with Crippen molar-refractivity contribution in [3.8, 4) is 0 Å². The zero-order valence-electron chi connectivity index (χ0n) is 12.4. The van der Waals surface area contributed by atoms with Crippen LogP contribution in [0.1, 0.15) is 30.6 Å². The Labute approximate surface area is 124 Å². The van der Waals surface area contributed by atoms with Gasteiger partial charge in [-0.15, -0.1) is 0 Å². The molecule has 1 aromatic rings. The van der Waals surface area contributed by atoms with E-state index < -0.39 is 4.92 Å². The van der Waals surface area contributed by atoms with Crippen LogP contribution in [0.15, 0.2) is 18.2 Å². The molecule has 2 rings (SSSR count). The molecule has 1 saturated heterocycles. The maximum atomic E-state index is 11.7. The molecule has 2 unspecified atom stereocenters. The minimum absolute atomic E-state index is 0.000767. The van der Waals surface area contributed by atoms with Gasteiger partial charge in [0.2, 0.25) is 0 Å². The number of carbonyl (C=O) groups is 1. The van der Waals surface area contributed by atoms with Gasteiger partial charge in [0.1, 0.15) is 5.69 Å². The lowest BCUT2D eigenvalue weighted by Crippen LogP contribution is -2.23. The highest BCUT2D eigenvalue weighted by Crippen LogP contribution is 2.34. The molecule has 1 aromatic carbocycles. The van der Waals surface area contributed by atoms with Crippen molar-refractivity contribution < 1.29 is 9.72 Å². The van der Waals surface area contributed by atoms with E-state index in [1.54, 1.807) is 19.1 Å². The van der Waals surface area contributed by atoms with E-state index in [-0.39, 0.29) is 11.5 Å². The van der Waals surface area contributed by atoms with E-state index in [0.717, 1.165) is 13.1 Å². The lowest BCUT2D eigenvalue weighted by molar-refractivity contribution is -0.384. The zero-order chi connectivity index (χ0) is 15.6. The number of anilines is 1. The summed E-state index contributed by atoms with van der Waals surface area (Å²) in [5.41, 5.74) is 6.72. The lowest BCUT2D eigenvalue weighted by atomic mass is 9.99. The summed E-state index contributed by atoms with van der Waals surface area (Å²) in [6.45, 7) is 5.91. The summed E-state index contributed by atoms with van der Waals surface area (Å²) in [6.07, 6.45) is 0.340. The molecule has 0 aromatic heterocycles. The third-order valence-corrected chi connectivity index (χ3v) is 4.23. The van der Waals surface area contributed by atoms with Crippen LogP contribution in [0.2, 0.25) is 0 Å². The van der Waals surface area contributed by atoms with E-state index in [4.69, 9.17) is 5.73 Å². The molecule has 0 spiro atoms. The second-order valence-electron chi connectivity index (χ2n) is 5.62. The van der Waals surface area contributed by atoms with Crippen molar-refractivity contribution in [1.29, 1.82) is 0 Å². The summed E-state index contributed by atoms with van der Waals surface area (Å²) >= 11 is 0. The lowest BCUT2D eigenvalue weighted by Gasteiger charge is -2.18. The van der Waals surface area contributed by atoms with Gasteiger partial charge in [0.25, 0.3) is 5.69 Å². The zero-order valence-corrected chi connectivity index (χ0v) is 12.4. The van der Waals surface area contributed by atoms with Crippen LogP contribution in [0.3, 0.4) is 0 Å². The molecule has 1 fully saturated rings. The Bertz CT molecular complexity index is 559. The molecule has 21 heavy (non-hydrogen) atoms. The number of carbonyl (C=O) groups excluding carboxylic acids is 1. The molecule has 0 saturated carbocycles. The average molecular weight is 291 g/mol. The van der Waals surface area contributed by atoms with Gasteiger partial charge >= 0.3 is 0 Å². The van der Waals surface area contributed by atoms with E-state index in [0.29, 0.717) is 36.1 Å². The number of nitrogens with two attached hydrogens (primary N) is 1. The van der Waals surface area contributed by atoms with Crippen molar-refractivity contribution in [2.75, 3.05) is 24.5 Å². The van der Waals surface area contributed by atoms with Gasteiger partial charge in [-0.25, -0.2) is 0 Å². The summed E-state index contributed by atoms with van der Waals surface area (Å²) < 4.78 is 0. The normalized spacial score (nSPS) is 21.6. The van der Waals surface area contributed by atoms with Crippen LogP contribution in [-0.2, 0) is 0 Å². The second-order valence-corrected chi connectivity index (χ2v) is 5.62. The number of Topliss-reactive ketones (excluding diaryl/α,β-unsaturated/α-hetero) is 1. The third kappa shape index (κ3) is 3.05. The van der Waals surface area contributed by atoms with E-state index in [1.165, 1.54) is 6.07 Å². The fourth-order valence-corrected chi connectivity index (χ4v) is 2.85. The Morgan fingerprint density at radius 1 is 1.48 bits per heavy atom. The fraction of sp³-hybridized carbons (Fsp3) is 0.533. The molecule has 1 aliphatic heterocycles. The van der Waals surface area contributed by atoms with Gasteiger partial charge in [-0.3, -0.25) is 14.9 Å². The molecular formula is C15H21N3O3. The predicted molar refractivity (Wildman–Crippen MR) is 81.6 cm³/mol. The molecule has 0 amide bonds. The van der Waals surface area contributed by atoms with E-state index >= 15 is 0 Å². The number of ketones is 1. The third-order valence-electron chi connectivity index (χ3n) is 4.23. The SMILES string of the molecule is CCC(=O)c1ccc(N2CC(C)C(CN)C2)c([N+](=O)[O-])c1. The highest BCUT2D eigenvalue weighted by atomic mass is 16.6. The summed E-state index contributed by atoms with van der Waals surface area (Å²) in [5, 5.41) is 11.3. The smallest absolute Gasteiger partial charge is 0.293 e. The Balaban J connectivity index is 2.36. The van der Waals surface area contributed by atoms with Crippen LogP contribution in [-0.4, -0.2) is 30.3 Å². The number of nitro groups is 1. The maximum Gasteiger partial charge on any atom is 0.293 e. The van der Waals surface area contributed by atoms with Gasteiger partial charge in [0, 0.05) is 31.1 Å². The molecule has 0 aliphatic carbocycles. The Morgan fingerprint density at radius 3 is 2.71 bits per heavy atom. The summed E-state index contributed by atoms with van der Waals surface area (Å²) in [4.78, 5) is 24.6.